The summed E-state index contributed by atoms with van der Waals surface area (Å²) in [4.78, 5) is 12.3. The van der Waals surface area contributed by atoms with Gasteiger partial charge < -0.3 is 9.47 Å². The van der Waals surface area contributed by atoms with Crippen LogP contribution in [0, 0.1) is 0 Å². The van der Waals surface area contributed by atoms with Gasteiger partial charge in [-0.1, -0.05) is 12.8 Å². The molecule has 0 aromatic carbocycles. The van der Waals surface area contributed by atoms with Gasteiger partial charge in [0.15, 0.2) is 5.60 Å². The minimum absolute atomic E-state index is 0.0752. The van der Waals surface area contributed by atoms with E-state index in [2.05, 4.69) is 6.92 Å². The molecule has 3 nitrogen and oxygen atoms in total. The first kappa shape index (κ1) is 11.5. The second-order valence-electron chi connectivity index (χ2n) is 6.03. The average molecular weight is 238 g/mol. The van der Waals surface area contributed by atoms with Gasteiger partial charge in [-0.25, -0.2) is 4.79 Å². The predicted octanol–water partition coefficient (Wildman–Crippen LogP) is 2.96. The summed E-state index contributed by atoms with van der Waals surface area (Å²) in [5.41, 5.74) is -0.800. The fraction of sp³-hybridized carbons (Fsp3) is 0.929. The fourth-order valence-electron chi connectivity index (χ4n) is 3.55. The molecule has 0 N–H and O–H groups in total. The average Bonchev–Trinajstić information content (AvgIpc) is 2.66. The molecule has 1 saturated heterocycles. The van der Waals surface area contributed by atoms with Gasteiger partial charge in [0.1, 0.15) is 11.7 Å². The molecular weight excluding hydrogens is 216 g/mol. The lowest BCUT2D eigenvalue weighted by Gasteiger charge is -2.17. The van der Waals surface area contributed by atoms with E-state index in [1.54, 1.807) is 0 Å². The highest BCUT2D eigenvalue weighted by molar-refractivity contribution is 5.85. The van der Waals surface area contributed by atoms with Crippen molar-refractivity contribution in [1.29, 1.82) is 0 Å². The number of hydrogen-bond donors (Lipinski definition) is 0. The number of carbonyl (C=O) groups excluding carboxylic acids is 1. The number of epoxide rings is 1. The Morgan fingerprint density at radius 2 is 1.82 bits per heavy atom. The minimum atomic E-state index is -0.577. The maximum atomic E-state index is 12.3. The van der Waals surface area contributed by atoms with Gasteiger partial charge in [-0.15, -0.1) is 0 Å². The topological polar surface area (TPSA) is 38.8 Å². The molecule has 3 heteroatoms. The maximum absolute atomic E-state index is 12.3. The third kappa shape index (κ3) is 1.79. The summed E-state index contributed by atoms with van der Waals surface area (Å²) in [6, 6.07) is 0. The van der Waals surface area contributed by atoms with E-state index in [1.807, 2.05) is 0 Å². The number of ether oxygens (including phenoxy) is 2. The van der Waals surface area contributed by atoms with Crippen LogP contribution in [0.25, 0.3) is 0 Å². The van der Waals surface area contributed by atoms with Gasteiger partial charge in [0.2, 0.25) is 0 Å². The van der Waals surface area contributed by atoms with E-state index in [1.165, 1.54) is 25.7 Å². The van der Waals surface area contributed by atoms with Crippen molar-refractivity contribution < 1.29 is 14.3 Å². The highest BCUT2D eigenvalue weighted by Gasteiger charge is 2.72. The van der Waals surface area contributed by atoms with E-state index in [9.17, 15) is 4.79 Å². The van der Waals surface area contributed by atoms with E-state index >= 15 is 0 Å². The number of rotatable bonds is 2. The molecule has 2 saturated carbocycles. The fourth-order valence-corrected chi connectivity index (χ4v) is 3.55. The Kier molecular flexibility index (Phi) is 2.69. The Hall–Kier alpha value is -0.570. The van der Waals surface area contributed by atoms with Crippen molar-refractivity contribution in [3.8, 4) is 0 Å². The Morgan fingerprint density at radius 1 is 1.12 bits per heavy atom. The first-order valence-electron chi connectivity index (χ1n) is 7.08. The van der Waals surface area contributed by atoms with E-state index in [-0.39, 0.29) is 17.7 Å². The number of fused-ring (bicyclic) bond motifs is 1. The van der Waals surface area contributed by atoms with Gasteiger partial charge in [-0.3, -0.25) is 0 Å². The van der Waals surface area contributed by atoms with Crippen molar-refractivity contribution in [3.05, 3.63) is 0 Å². The molecular formula is C14H22O3. The first-order chi connectivity index (χ1) is 8.16. The molecule has 0 aromatic heterocycles. The zero-order valence-electron chi connectivity index (χ0n) is 10.7. The predicted molar refractivity (Wildman–Crippen MR) is 63.7 cm³/mol. The van der Waals surface area contributed by atoms with Gasteiger partial charge in [-0.05, 0) is 51.9 Å². The lowest BCUT2D eigenvalue weighted by Crippen LogP contribution is -2.35. The molecule has 3 fully saturated rings. The van der Waals surface area contributed by atoms with Crippen LogP contribution in [0.2, 0.25) is 0 Å². The van der Waals surface area contributed by atoms with Crippen molar-refractivity contribution in [2.24, 2.45) is 0 Å². The molecule has 0 aromatic rings. The smallest absolute Gasteiger partial charge is 0.341 e. The minimum Gasteiger partial charge on any atom is -0.460 e. The van der Waals surface area contributed by atoms with Crippen LogP contribution in [0.3, 0.4) is 0 Å². The summed E-state index contributed by atoms with van der Waals surface area (Å²) >= 11 is 0. The molecule has 17 heavy (non-hydrogen) atoms. The van der Waals surface area contributed by atoms with Crippen LogP contribution in [-0.2, 0) is 14.3 Å². The Bertz CT molecular complexity index is 321. The van der Waals surface area contributed by atoms with E-state index in [0.29, 0.717) is 0 Å². The molecule has 2 aliphatic carbocycles. The molecule has 2 unspecified atom stereocenters. The van der Waals surface area contributed by atoms with Gasteiger partial charge in [-0.2, -0.15) is 0 Å². The summed E-state index contributed by atoms with van der Waals surface area (Å²) < 4.78 is 11.5. The summed E-state index contributed by atoms with van der Waals surface area (Å²) in [6.07, 6.45) is 9.99. The van der Waals surface area contributed by atoms with E-state index < -0.39 is 5.60 Å². The van der Waals surface area contributed by atoms with Gasteiger partial charge in [0, 0.05) is 0 Å². The zero-order valence-corrected chi connectivity index (χ0v) is 10.7. The maximum Gasteiger partial charge on any atom is 0.341 e. The SMILES string of the molecule is CC12CCCCCC1(C(=O)OC1CCCC1)O2. The molecule has 0 bridgehead atoms. The van der Waals surface area contributed by atoms with Crippen LogP contribution < -0.4 is 0 Å². The highest BCUT2D eigenvalue weighted by Crippen LogP contribution is 2.56. The van der Waals surface area contributed by atoms with Gasteiger partial charge in [0.05, 0.1) is 0 Å². The Morgan fingerprint density at radius 3 is 2.59 bits per heavy atom. The third-order valence-electron chi connectivity index (χ3n) is 4.80. The van der Waals surface area contributed by atoms with Crippen molar-refractivity contribution in [2.45, 2.75) is 82.0 Å². The molecule has 2 atom stereocenters. The summed E-state index contributed by atoms with van der Waals surface area (Å²) in [6.45, 7) is 2.08. The standard InChI is InChI=1S/C14H22O3/c1-13-9-5-2-6-10-14(13,17-13)12(15)16-11-7-3-4-8-11/h11H,2-10H2,1H3. The second kappa shape index (κ2) is 3.98. The van der Waals surface area contributed by atoms with Crippen LogP contribution in [0.15, 0.2) is 0 Å². The van der Waals surface area contributed by atoms with Crippen molar-refractivity contribution >= 4 is 5.97 Å². The third-order valence-corrected chi connectivity index (χ3v) is 4.80. The molecule has 3 aliphatic rings. The van der Waals surface area contributed by atoms with Gasteiger partial charge in [0.25, 0.3) is 0 Å². The van der Waals surface area contributed by atoms with Crippen molar-refractivity contribution in [3.63, 3.8) is 0 Å². The number of hydrogen-bond acceptors (Lipinski definition) is 3. The molecule has 0 amide bonds. The number of esters is 1. The van der Waals surface area contributed by atoms with Crippen molar-refractivity contribution in [2.75, 3.05) is 0 Å². The monoisotopic (exact) mass is 238 g/mol. The summed E-state index contributed by atoms with van der Waals surface area (Å²) in [5.74, 6) is -0.0752. The lowest BCUT2D eigenvalue weighted by molar-refractivity contribution is -0.155. The van der Waals surface area contributed by atoms with Crippen molar-refractivity contribution in [1.82, 2.24) is 0 Å². The van der Waals surface area contributed by atoms with Crippen LogP contribution in [0.4, 0.5) is 0 Å². The van der Waals surface area contributed by atoms with E-state index in [4.69, 9.17) is 9.47 Å². The summed E-state index contributed by atoms with van der Waals surface area (Å²) in [7, 11) is 0. The molecule has 1 aliphatic heterocycles. The quantitative estimate of drug-likeness (QED) is 0.548. The molecule has 1 heterocycles. The molecule has 0 spiro atoms. The van der Waals surface area contributed by atoms with Gasteiger partial charge >= 0.3 is 5.97 Å². The largest absolute Gasteiger partial charge is 0.460 e. The summed E-state index contributed by atoms with van der Waals surface area (Å²) in [5, 5.41) is 0. The van der Waals surface area contributed by atoms with Crippen LogP contribution in [0.5, 0.6) is 0 Å². The van der Waals surface area contributed by atoms with Crippen LogP contribution in [-0.4, -0.2) is 23.3 Å². The van der Waals surface area contributed by atoms with Crippen LogP contribution >= 0.6 is 0 Å². The lowest BCUT2D eigenvalue weighted by atomic mass is 9.90. The second-order valence-corrected chi connectivity index (χ2v) is 6.03. The molecule has 3 rings (SSSR count). The number of carbonyl (C=O) groups is 1. The van der Waals surface area contributed by atoms with E-state index in [0.717, 1.165) is 32.1 Å². The first-order valence-corrected chi connectivity index (χ1v) is 7.08. The molecule has 96 valence electrons. The normalized spacial score (nSPS) is 41.7. The zero-order chi connectivity index (χ0) is 11.9. The molecule has 0 radical (unpaired) electrons. The van der Waals surface area contributed by atoms with Crippen LogP contribution in [0.1, 0.15) is 64.7 Å². The highest BCUT2D eigenvalue weighted by atomic mass is 16.7. The Labute approximate surface area is 103 Å². The Balaban J connectivity index is 1.68.